The molecule has 0 aliphatic carbocycles. The molecular formula is C12H15NO3. The summed E-state index contributed by atoms with van der Waals surface area (Å²) >= 11 is 0. The Morgan fingerprint density at radius 3 is 3.06 bits per heavy atom. The zero-order valence-electron chi connectivity index (χ0n) is 9.47. The van der Waals surface area contributed by atoms with Gasteiger partial charge in [0, 0.05) is 0 Å². The maximum absolute atomic E-state index is 11.3. The number of benzene rings is 1. The number of anilines is 1. The molecule has 0 amide bonds. The van der Waals surface area contributed by atoms with Gasteiger partial charge in [0.2, 0.25) is 0 Å². The largest absolute Gasteiger partial charge is 0.489 e. The van der Waals surface area contributed by atoms with Gasteiger partial charge in [-0.2, -0.15) is 0 Å². The summed E-state index contributed by atoms with van der Waals surface area (Å²) in [5.74, 6) is 0.591. The fourth-order valence-electron chi connectivity index (χ4n) is 1.80. The second-order valence-corrected chi connectivity index (χ2v) is 3.83. The number of methoxy groups -OCH3 is 1. The summed E-state index contributed by atoms with van der Waals surface area (Å²) < 4.78 is 10.3. The van der Waals surface area contributed by atoms with Crippen LogP contribution in [-0.2, 0) is 9.53 Å². The third kappa shape index (κ3) is 1.96. The molecule has 1 unspecified atom stereocenters. The molecule has 0 radical (unpaired) electrons. The topological polar surface area (TPSA) is 38.8 Å². The van der Waals surface area contributed by atoms with Gasteiger partial charge in [-0.25, -0.2) is 0 Å². The lowest BCUT2D eigenvalue weighted by Crippen LogP contribution is -2.44. The van der Waals surface area contributed by atoms with Crippen LogP contribution in [0.4, 0.5) is 5.69 Å². The Morgan fingerprint density at radius 1 is 1.56 bits per heavy atom. The monoisotopic (exact) mass is 221 g/mol. The number of ether oxygens (including phenoxy) is 2. The summed E-state index contributed by atoms with van der Waals surface area (Å²) in [6, 6.07) is 7.89. The van der Waals surface area contributed by atoms with Gasteiger partial charge < -0.3 is 14.4 Å². The van der Waals surface area contributed by atoms with E-state index in [0.29, 0.717) is 6.61 Å². The first-order chi connectivity index (χ1) is 7.72. The highest BCUT2D eigenvalue weighted by Crippen LogP contribution is 2.33. The first-order valence-electron chi connectivity index (χ1n) is 5.27. The molecule has 1 aromatic carbocycles. The minimum atomic E-state index is -0.233. The van der Waals surface area contributed by atoms with E-state index < -0.39 is 0 Å². The summed E-state index contributed by atoms with van der Waals surface area (Å²) in [5.41, 5.74) is 0.951. The Bertz CT molecular complexity index is 392. The molecule has 4 nitrogen and oxygen atoms in total. The lowest BCUT2D eigenvalue weighted by Gasteiger charge is -2.35. The number of hydrogen-bond acceptors (Lipinski definition) is 4. The molecule has 0 N–H and O–H groups in total. The quantitative estimate of drug-likeness (QED) is 0.708. The van der Waals surface area contributed by atoms with Crippen molar-refractivity contribution in [3.63, 3.8) is 0 Å². The zero-order chi connectivity index (χ0) is 11.5. The molecule has 0 fully saturated rings. The standard InChI is InChI=1S/C12H15NO3/c1-9-8-16-11-6-4-3-5-10(11)13(9)7-12(14)15-2/h3-6,9H,7-8H2,1-2H3. The van der Waals surface area contributed by atoms with Gasteiger partial charge in [-0.3, -0.25) is 4.79 Å². The van der Waals surface area contributed by atoms with Crippen LogP contribution < -0.4 is 9.64 Å². The van der Waals surface area contributed by atoms with Crippen LogP contribution in [0.1, 0.15) is 6.92 Å². The molecule has 4 heteroatoms. The molecule has 1 aliphatic heterocycles. The van der Waals surface area contributed by atoms with Gasteiger partial charge in [-0.1, -0.05) is 12.1 Å². The molecule has 86 valence electrons. The second-order valence-electron chi connectivity index (χ2n) is 3.83. The molecule has 1 aliphatic rings. The molecule has 2 rings (SSSR count). The molecule has 0 bridgehead atoms. The van der Waals surface area contributed by atoms with Crippen LogP contribution in [-0.4, -0.2) is 32.3 Å². The predicted octanol–water partition coefficient (Wildman–Crippen LogP) is 1.45. The highest BCUT2D eigenvalue weighted by Gasteiger charge is 2.25. The van der Waals surface area contributed by atoms with Crippen LogP contribution in [0.2, 0.25) is 0 Å². The van der Waals surface area contributed by atoms with E-state index >= 15 is 0 Å². The molecule has 0 saturated heterocycles. The lowest BCUT2D eigenvalue weighted by molar-refractivity contribution is -0.139. The van der Waals surface area contributed by atoms with Gasteiger partial charge in [0.15, 0.2) is 0 Å². The average Bonchev–Trinajstić information content (AvgIpc) is 2.32. The van der Waals surface area contributed by atoms with Crippen molar-refractivity contribution in [2.45, 2.75) is 13.0 Å². The summed E-state index contributed by atoms with van der Waals surface area (Å²) in [6.45, 7) is 2.88. The SMILES string of the molecule is COC(=O)CN1c2ccccc2OCC1C. The summed E-state index contributed by atoms with van der Waals surface area (Å²) in [6.07, 6.45) is 0. The highest BCUT2D eigenvalue weighted by atomic mass is 16.5. The fraction of sp³-hybridized carbons (Fsp3) is 0.417. The summed E-state index contributed by atoms with van der Waals surface area (Å²) in [7, 11) is 1.40. The third-order valence-electron chi connectivity index (χ3n) is 2.71. The number of esters is 1. The number of rotatable bonds is 2. The minimum Gasteiger partial charge on any atom is -0.489 e. The zero-order valence-corrected chi connectivity index (χ0v) is 9.47. The van der Waals surface area contributed by atoms with Crippen LogP contribution in [0.15, 0.2) is 24.3 Å². The van der Waals surface area contributed by atoms with Crippen LogP contribution >= 0.6 is 0 Å². The van der Waals surface area contributed by atoms with Crippen molar-refractivity contribution in [1.82, 2.24) is 0 Å². The Hall–Kier alpha value is -1.71. The van der Waals surface area contributed by atoms with Gasteiger partial charge in [-0.15, -0.1) is 0 Å². The Labute approximate surface area is 94.8 Å². The number of para-hydroxylation sites is 2. The smallest absolute Gasteiger partial charge is 0.325 e. The first kappa shape index (κ1) is 10.8. The van der Waals surface area contributed by atoms with Gasteiger partial charge in [0.25, 0.3) is 0 Å². The highest BCUT2D eigenvalue weighted by molar-refractivity contribution is 5.77. The molecule has 1 aromatic rings. The Kier molecular flexibility index (Phi) is 2.99. The predicted molar refractivity (Wildman–Crippen MR) is 60.8 cm³/mol. The van der Waals surface area contributed by atoms with Crippen LogP contribution in [0.5, 0.6) is 5.75 Å². The summed E-state index contributed by atoms with van der Waals surface area (Å²) in [4.78, 5) is 13.3. The van der Waals surface area contributed by atoms with Crippen molar-refractivity contribution in [1.29, 1.82) is 0 Å². The minimum absolute atomic E-state index is 0.175. The van der Waals surface area contributed by atoms with E-state index in [0.717, 1.165) is 11.4 Å². The molecule has 1 heterocycles. The van der Waals surface area contributed by atoms with Crippen molar-refractivity contribution < 1.29 is 14.3 Å². The maximum atomic E-state index is 11.3. The number of hydrogen-bond donors (Lipinski definition) is 0. The molecule has 0 spiro atoms. The van der Waals surface area contributed by atoms with E-state index in [1.165, 1.54) is 7.11 Å². The fourth-order valence-corrected chi connectivity index (χ4v) is 1.80. The van der Waals surface area contributed by atoms with E-state index in [9.17, 15) is 4.79 Å². The second kappa shape index (κ2) is 4.43. The molecule has 16 heavy (non-hydrogen) atoms. The third-order valence-corrected chi connectivity index (χ3v) is 2.71. The van der Waals surface area contributed by atoms with E-state index in [-0.39, 0.29) is 18.6 Å². The van der Waals surface area contributed by atoms with Crippen LogP contribution in [0, 0.1) is 0 Å². The number of carbonyl (C=O) groups is 1. The van der Waals surface area contributed by atoms with Crippen molar-refractivity contribution in [2.24, 2.45) is 0 Å². The maximum Gasteiger partial charge on any atom is 0.325 e. The first-order valence-corrected chi connectivity index (χ1v) is 5.27. The van der Waals surface area contributed by atoms with Gasteiger partial charge >= 0.3 is 5.97 Å². The Balaban J connectivity index is 2.26. The van der Waals surface area contributed by atoms with E-state index in [1.807, 2.05) is 36.1 Å². The van der Waals surface area contributed by atoms with E-state index in [4.69, 9.17) is 9.47 Å². The van der Waals surface area contributed by atoms with E-state index in [1.54, 1.807) is 0 Å². The van der Waals surface area contributed by atoms with Crippen molar-refractivity contribution in [2.75, 3.05) is 25.2 Å². The van der Waals surface area contributed by atoms with E-state index in [2.05, 4.69) is 0 Å². The molecular weight excluding hydrogens is 206 g/mol. The normalized spacial score (nSPS) is 18.6. The van der Waals surface area contributed by atoms with Crippen molar-refractivity contribution in [3.8, 4) is 5.75 Å². The van der Waals surface area contributed by atoms with Crippen molar-refractivity contribution in [3.05, 3.63) is 24.3 Å². The van der Waals surface area contributed by atoms with Gasteiger partial charge in [-0.05, 0) is 19.1 Å². The van der Waals surface area contributed by atoms with Gasteiger partial charge in [0.05, 0.1) is 18.8 Å². The number of nitrogens with zero attached hydrogens (tertiary/aromatic N) is 1. The number of carbonyl (C=O) groups excluding carboxylic acids is 1. The average molecular weight is 221 g/mol. The number of fused-ring (bicyclic) bond motifs is 1. The van der Waals surface area contributed by atoms with Crippen LogP contribution in [0.25, 0.3) is 0 Å². The molecule has 0 aromatic heterocycles. The molecule has 0 saturated carbocycles. The van der Waals surface area contributed by atoms with Crippen molar-refractivity contribution >= 4 is 11.7 Å². The molecule has 1 atom stereocenters. The van der Waals surface area contributed by atoms with Crippen LogP contribution in [0.3, 0.4) is 0 Å². The van der Waals surface area contributed by atoms with Gasteiger partial charge in [0.1, 0.15) is 18.9 Å². The summed E-state index contributed by atoms with van der Waals surface area (Å²) in [5, 5.41) is 0. The lowest BCUT2D eigenvalue weighted by atomic mass is 10.1. The Morgan fingerprint density at radius 2 is 2.31 bits per heavy atom.